The van der Waals surface area contributed by atoms with Crippen LogP contribution in [0.3, 0.4) is 0 Å². The Kier molecular flexibility index (Phi) is 5.18. The van der Waals surface area contributed by atoms with Crippen LogP contribution in [0.15, 0.2) is 12.4 Å². The van der Waals surface area contributed by atoms with E-state index in [-0.39, 0.29) is 11.6 Å². The number of hydrazine groups is 1. The van der Waals surface area contributed by atoms with Crippen LogP contribution in [0.2, 0.25) is 0 Å². The fraction of sp³-hybridized carbons (Fsp3) is 0.800. The number of likely N-dealkylation sites (tertiary alicyclic amines) is 1. The van der Waals surface area contributed by atoms with Crippen molar-refractivity contribution in [1.82, 2.24) is 20.1 Å². The summed E-state index contributed by atoms with van der Waals surface area (Å²) in [5.74, 6) is 5.89. The lowest BCUT2D eigenvalue weighted by Crippen LogP contribution is -2.62. The van der Waals surface area contributed by atoms with Gasteiger partial charge in [0.25, 0.3) is 0 Å². The lowest BCUT2D eigenvalue weighted by atomic mass is 9.83. The van der Waals surface area contributed by atoms with Crippen LogP contribution in [-0.2, 0) is 13.5 Å². The third kappa shape index (κ3) is 3.22. The number of piperidine rings is 1. The molecule has 0 radical (unpaired) electrons. The Morgan fingerprint density at radius 1 is 1.40 bits per heavy atom. The third-order valence-electron chi connectivity index (χ3n) is 4.94. The van der Waals surface area contributed by atoms with E-state index in [2.05, 4.69) is 35.5 Å². The molecule has 1 fully saturated rings. The van der Waals surface area contributed by atoms with Crippen molar-refractivity contribution >= 4 is 0 Å². The first-order valence-corrected chi connectivity index (χ1v) is 7.79. The van der Waals surface area contributed by atoms with E-state index in [4.69, 9.17) is 5.84 Å². The van der Waals surface area contributed by atoms with E-state index < -0.39 is 0 Å². The van der Waals surface area contributed by atoms with Crippen molar-refractivity contribution in [3.05, 3.63) is 18.0 Å². The Hall–Kier alpha value is -0.910. The van der Waals surface area contributed by atoms with Crippen molar-refractivity contribution < 1.29 is 0 Å². The van der Waals surface area contributed by atoms with Gasteiger partial charge in [0.15, 0.2) is 0 Å². The molecule has 1 aliphatic rings. The molecule has 2 unspecified atom stereocenters. The van der Waals surface area contributed by atoms with E-state index in [1.54, 1.807) is 0 Å². The lowest BCUT2D eigenvalue weighted by Gasteiger charge is -2.47. The molecule has 1 aromatic rings. The number of hydrogen-bond donors (Lipinski definition) is 2. The molecule has 0 amide bonds. The first kappa shape index (κ1) is 15.5. The number of nitrogens with one attached hydrogen (secondary N) is 1. The molecule has 0 aliphatic carbocycles. The van der Waals surface area contributed by atoms with E-state index in [0.717, 1.165) is 12.8 Å². The van der Waals surface area contributed by atoms with Crippen LogP contribution >= 0.6 is 0 Å². The highest BCUT2D eigenvalue weighted by Crippen LogP contribution is 2.28. The maximum atomic E-state index is 5.89. The number of aromatic nitrogens is 2. The highest BCUT2D eigenvalue weighted by Gasteiger charge is 2.38. The van der Waals surface area contributed by atoms with Crippen LogP contribution in [0.4, 0.5) is 0 Å². The van der Waals surface area contributed by atoms with Crippen LogP contribution in [0, 0.1) is 0 Å². The Morgan fingerprint density at radius 2 is 2.10 bits per heavy atom. The molecule has 3 N–H and O–H groups in total. The summed E-state index contributed by atoms with van der Waals surface area (Å²) in [7, 11) is 1.96. The van der Waals surface area contributed by atoms with Gasteiger partial charge in [0.2, 0.25) is 0 Å². The average Bonchev–Trinajstić information content (AvgIpc) is 2.90. The Morgan fingerprint density at radius 3 is 2.60 bits per heavy atom. The number of hydrogen-bond acceptors (Lipinski definition) is 4. The molecule has 2 heterocycles. The highest BCUT2D eigenvalue weighted by molar-refractivity contribution is 5.10. The summed E-state index contributed by atoms with van der Waals surface area (Å²) >= 11 is 0. The summed E-state index contributed by atoms with van der Waals surface area (Å²) in [5, 5.41) is 4.26. The number of rotatable bonds is 6. The average molecular weight is 279 g/mol. The Labute approximate surface area is 122 Å². The minimum Gasteiger partial charge on any atom is -0.296 e. The van der Waals surface area contributed by atoms with Gasteiger partial charge in [-0.05, 0) is 51.3 Å². The van der Waals surface area contributed by atoms with Gasteiger partial charge in [0, 0.05) is 24.8 Å². The standard InChI is InChI=1S/C15H29N5/c1-4-15(2,20-8-6-5-7-9-20)14(18-16)10-13-11-17-19(3)12-13/h11-12,14,18H,4-10,16H2,1-3H3. The predicted octanol–water partition coefficient (Wildman–Crippen LogP) is 1.45. The molecular formula is C15H29N5. The number of nitrogens with zero attached hydrogens (tertiary/aromatic N) is 3. The summed E-state index contributed by atoms with van der Waals surface area (Å²) in [6.45, 7) is 6.99. The second-order valence-corrected chi connectivity index (χ2v) is 6.20. The lowest BCUT2D eigenvalue weighted by molar-refractivity contribution is 0.0429. The van der Waals surface area contributed by atoms with Crippen LogP contribution in [0.1, 0.15) is 45.1 Å². The molecule has 1 aromatic heterocycles. The van der Waals surface area contributed by atoms with E-state index in [9.17, 15) is 0 Å². The quantitative estimate of drug-likeness (QED) is 0.611. The van der Waals surface area contributed by atoms with Crippen molar-refractivity contribution in [2.24, 2.45) is 12.9 Å². The molecule has 2 atom stereocenters. The van der Waals surface area contributed by atoms with Gasteiger partial charge in [-0.25, -0.2) is 0 Å². The van der Waals surface area contributed by atoms with Gasteiger partial charge in [0.05, 0.1) is 6.20 Å². The van der Waals surface area contributed by atoms with Crippen molar-refractivity contribution in [2.45, 2.75) is 57.5 Å². The molecule has 0 aromatic carbocycles. The van der Waals surface area contributed by atoms with Crippen molar-refractivity contribution in [3.8, 4) is 0 Å². The van der Waals surface area contributed by atoms with E-state index in [1.807, 2.05) is 17.9 Å². The van der Waals surface area contributed by atoms with Crippen molar-refractivity contribution in [1.29, 1.82) is 0 Å². The molecule has 1 saturated heterocycles. The fourth-order valence-corrected chi connectivity index (χ4v) is 3.37. The van der Waals surface area contributed by atoms with Crippen molar-refractivity contribution in [3.63, 3.8) is 0 Å². The molecule has 0 saturated carbocycles. The Balaban J connectivity index is 2.12. The smallest absolute Gasteiger partial charge is 0.0522 e. The highest BCUT2D eigenvalue weighted by atomic mass is 15.3. The molecule has 2 rings (SSSR count). The molecule has 20 heavy (non-hydrogen) atoms. The van der Waals surface area contributed by atoms with E-state index >= 15 is 0 Å². The molecule has 5 heteroatoms. The van der Waals surface area contributed by atoms with Crippen LogP contribution in [-0.4, -0.2) is 39.4 Å². The molecule has 114 valence electrons. The minimum atomic E-state index is 0.102. The zero-order valence-electron chi connectivity index (χ0n) is 13.1. The van der Waals surface area contributed by atoms with Gasteiger partial charge < -0.3 is 0 Å². The van der Waals surface area contributed by atoms with Gasteiger partial charge >= 0.3 is 0 Å². The summed E-state index contributed by atoms with van der Waals surface area (Å²) in [6.07, 6.45) is 10.0. The molecule has 5 nitrogen and oxygen atoms in total. The molecule has 0 bridgehead atoms. The SMILES string of the molecule is CCC(C)(C(Cc1cnn(C)c1)NN)N1CCCCC1. The van der Waals surface area contributed by atoms with E-state index in [0.29, 0.717) is 0 Å². The molecule has 0 spiro atoms. The summed E-state index contributed by atoms with van der Waals surface area (Å²) in [6, 6.07) is 0.245. The van der Waals surface area contributed by atoms with Gasteiger partial charge in [-0.15, -0.1) is 0 Å². The van der Waals surface area contributed by atoms with Crippen LogP contribution in [0.5, 0.6) is 0 Å². The maximum absolute atomic E-state index is 5.89. The van der Waals surface area contributed by atoms with Gasteiger partial charge in [-0.1, -0.05) is 13.3 Å². The maximum Gasteiger partial charge on any atom is 0.0522 e. The normalized spacial score (nSPS) is 21.6. The first-order chi connectivity index (χ1) is 9.60. The summed E-state index contributed by atoms with van der Waals surface area (Å²) in [5.41, 5.74) is 4.41. The molecule has 1 aliphatic heterocycles. The minimum absolute atomic E-state index is 0.102. The van der Waals surface area contributed by atoms with Crippen LogP contribution in [0.25, 0.3) is 0 Å². The van der Waals surface area contributed by atoms with Crippen molar-refractivity contribution in [2.75, 3.05) is 13.1 Å². The number of nitrogens with two attached hydrogens (primary N) is 1. The second-order valence-electron chi connectivity index (χ2n) is 6.20. The molecular weight excluding hydrogens is 250 g/mol. The zero-order chi connectivity index (χ0) is 14.6. The summed E-state index contributed by atoms with van der Waals surface area (Å²) < 4.78 is 1.85. The topological polar surface area (TPSA) is 59.1 Å². The monoisotopic (exact) mass is 279 g/mol. The fourth-order valence-electron chi connectivity index (χ4n) is 3.37. The predicted molar refractivity (Wildman–Crippen MR) is 82.1 cm³/mol. The number of aryl methyl sites for hydroxylation is 1. The third-order valence-corrected chi connectivity index (χ3v) is 4.94. The zero-order valence-corrected chi connectivity index (χ0v) is 13.1. The van der Waals surface area contributed by atoms with E-state index in [1.165, 1.54) is 37.9 Å². The first-order valence-electron chi connectivity index (χ1n) is 7.79. The van der Waals surface area contributed by atoms with Gasteiger partial charge in [-0.3, -0.25) is 20.9 Å². The van der Waals surface area contributed by atoms with Gasteiger partial charge in [0.1, 0.15) is 0 Å². The van der Waals surface area contributed by atoms with Gasteiger partial charge in [-0.2, -0.15) is 5.10 Å². The largest absolute Gasteiger partial charge is 0.296 e. The second kappa shape index (κ2) is 6.70. The van der Waals surface area contributed by atoms with Crippen LogP contribution < -0.4 is 11.3 Å². The Bertz CT molecular complexity index is 410. The summed E-state index contributed by atoms with van der Waals surface area (Å²) in [4.78, 5) is 2.62.